The van der Waals surface area contributed by atoms with E-state index in [1.807, 2.05) is 0 Å². The molecular weight excluding hydrogens is 315 g/mol. The van der Waals surface area contributed by atoms with E-state index in [-0.39, 0.29) is 0 Å². The fourth-order valence-corrected chi connectivity index (χ4v) is 3.05. The minimum absolute atomic E-state index is 0.302. The molecule has 7 heteroatoms. The van der Waals surface area contributed by atoms with Crippen molar-refractivity contribution in [3.05, 3.63) is 35.6 Å². The van der Waals surface area contributed by atoms with E-state index in [2.05, 4.69) is 10.6 Å². The van der Waals surface area contributed by atoms with E-state index in [1.54, 1.807) is 25.1 Å². The number of rotatable bonds is 5. The van der Waals surface area contributed by atoms with Crippen molar-refractivity contribution in [2.45, 2.75) is 38.0 Å². The standard InChI is InChI=1S/C17H21FN2O4/c1-2-19-16(23)20-14(21)11-24-15(22)17(9-5-6-10-17)12-7-3-4-8-13(12)18/h3-4,7-8H,2,5-6,9-11H2,1H3,(H2,19,20,21,23). The summed E-state index contributed by atoms with van der Waals surface area (Å²) >= 11 is 0. The molecule has 3 amide bonds. The smallest absolute Gasteiger partial charge is 0.321 e. The molecule has 0 aliphatic heterocycles. The average Bonchev–Trinajstić information content (AvgIpc) is 3.04. The first-order valence-corrected chi connectivity index (χ1v) is 7.99. The summed E-state index contributed by atoms with van der Waals surface area (Å²) in [7, 11) is 0. The number of hydrogen-bond donors (Lipinski definition) is 2. The lowest BCUT2D eigenvalue weighted by Gasteiger charge is -2.27. The quantitative estimate of drug-likeness (QED) is 0.806. The maximum Gasteiger partial charge on any atom is 0.321 e. The topological polar surface area (TPSA) is 84.5 Å². The van der Waals surface area contributed by atoms with Crippen LogP contribution in [0.3, 0.4) is 0 Å². The highest BCUT2D eigenvalue weighted by Crippen LogP contribution is 2.43. The van der Waals surface area contributed by atoms with Crippen molar-refractivity contribution in [2.24, 2.45) is 0 Å². The van der Waals surface area contributed by atoms with Crippen molar-refractivity contribution in [3.8, 4) is 0 Å². The van der Waals surface area contributed by atoms with Gasteiger partial charge >= 0.3 is 12.0 Å². The first-order valence-electron chi connectivity index (χ1n) is 7.99. The lowest BCUT2D eigenvalue weighted by molar-refractivity contribution is -0.154. The van der Waals surface area contributed by atoms with E-state index in [0.717, 1.165) is 12.8 Å². The Hall–Kier alpha value is -2.44. The normalized spacial score (nSPS) is 15.6. The number of esters is 1. The number of imide groups is 1. The van der Waals surface area contributed by atoms with Crippen LogP contribution in [0.1, 0.15) is 38.2 Å². The first-order chi connectivity index (χ1) is 11.5. The van der Waals surface area contributed by atoms with Crippen LogP contribution in [-0.2, 0) is 19.7 Å². The van der Waals surface area contributed by atoms with E-state index in [0.29, 0.717) is 24.9 Å². The number of carbonyl (C=O) groups excluding carboxylic acids is 3. The van der Waals surface area contributed by atoms with Crippen LogP contribution in [0, 0.1) is 5.82 Å². The van der Waals surface area contributed by atoms with Crippen LogP contribution < -0.4 is 10.6 Å². The highest BCUT2D eigenvalue weighted by atomic mass is 19.1. The summed E-state index contributed by atoms with van der Waals surface area (Å²) in [5.74, 6) is -1.81. The van der Waals surface area contributed by atoms with Gasteiger partial charge in [0.2, 0.25) is 0 Å². The lowest BCUT2D eigenvalue weighted by Crippen LogP contribution is -2.43. The summed E-state index contributed by atoms with van der Waals surface area (Å²) < 4.78 is 19.2. The molecule has 2 N–H and O–H groups in total. The third-order valence-corrected chi connectivity index (χ3v) is 4.16. The van der Waals surface area contributed by atoms with Crippen molar-refractivity contribution in [1.29, 1.82) is 0 Å². The molecule has 130 valence electrons. The molecular formula is C17H21FN2O4. The van der Waals surface area contributed by atoms with Crippen molar-refractivity contribution in [1.82, 2.24) is 10.6 Å². The summed E-state index contributed by atoms with van der Waals surface area (Å²) in [5, 5.41) is 4.45. The summed E-state index contributed by atoms with van der Waals surface area (Å²) in [4.78, 5) is 35.4. The Morgan fingerprint density at radius 1 is 1.21 bits per heavy atom. The van der Waals surface area contributed by atoms with Crippen LogP contribution in [0.4, 0.5) is 9.18 Å². The van der Waals surface area contributed by atoms with Crippen LogP contribution in [0.15, 0.2) is 24.3 Å². The van der Waals surface area contributed by atoms with Gasteiger partial charge in [0.05, 0.1) is 5.41 Å². The number of ether oxygens (including phenoxy) is 1. The second kappa shape index (κ2) is 7.90. The summed E-state index contributed by atoms with van der Waals surface area (Å²) in [6, 6.07) is 5.48. The fraction of sp³-hybridized carbons (Fsp3) is 0.471. The van der Waals surface area contributed by atoms with Crippen LogP contribution in [0.2, 0.25) is 0 Å². The molecule has 1 aromatic carbocycles. The molecule has 1 aliphatic carbocycles. The Bertz CT molecular complexity index is 627. The second-order valence-electron chi connectivity index (χ2n) is 5.75. The minimum Gasteiger partial charge on any atom is -0.455 e. The molecule has 0 bridgehead atoms. The van der Waals surface area contributed by atoms with E-state index in [1.165, 1.54) is 6.07 Å². The van der Waals surface area contributed by atoms with Gasteiger partial charge in [0.25, 0.3) is 5.91 Å². The Balaban J connectivity index is 2.04. The highest BCUT2D eigenvalue weighted by molar-refractivity contribution is 5.96. The third kappa shape index (κ3) is 3.90. The molecule has 1 saturated carbocycles. The molecule has 1 fully saturated rings. The Labute approximate surface area is 139 Å². The molecule has 0 saturated heterocycles. The van der Waals surface area contributed by atoms with E-state index >= 15 is 0 Å². The van der Waals surface area contributed by atoms with Crippen LogP contribution in [-0.4, -0.2) is 31.1 Å². The summed E-state index contributed by atoms with van der Waals surface area (Å²) in [5.41, 5.74) is -0.756. The largest absolute Gasteiger partial charge is 0.455 e. The molecule has 0 unspecified atom stereocenters. The lowest BCUT2D eigenvalue weighted by atomic mass is 9.78. The van der Waals surface area contributed by atoms with Crippen molar-refractivity contribution in [3.63, 3.8) is 0 Å². The van der Waals surface area contributed by atoms with Gasteiger partial charge in [0.1, 0.15) is 5.82 Å². The van der Waals surface area contributed by atoms with Gasteiger partial charge in [-0.2, -0.15) is 0 Å². The number of carbonyl (C=O) groups is 3. The first kappa shape index (κ1) is 17.9. The number of nitrogens with one attached hydrogen (secondary N) is 2. The maximum atomic E-state index is 14.2. The van der Waals surface area contributed by atoms with E-state index in [9.17, 15) is 18.8 Å². The number of urea groups is 1. The van der Waals surface area contributed by atoms with Gasteiger partial charge in [-0.05, 0) is 25.8 Å². The number of halogens is 1. The molecule has 0 aromatic heterocycles. The Morgan fingerprint density at radius 2 is 1.88 bits per heavy atom. The Kier molecular flexibility index (Phi) is 5.89. The van der Waals surface area contributed by atoms with Gasteiger partial charge in [-0.25, -0.2) is 9.18 Å². The van der Waals surface area contributed by atoms with Crippen LogP contribution in [0.5, 0.6) is 0 Å². The summed E-state index contributed by atoms with van der Waals surface area (Å²) in [6.45, 7) is 1.50. The van der Waals surface area contributed by atoms with Crippen LogP contribution >= 0.6 is 0 Å². The van der Waals surface area contributed by atoms with Crippen molar-refractivity contribution >= 4 is 17.9 Å². The van der Waals surface area contributed by atoms with Crippen molar-refractivity contribution < 1.29 is 23.5 Å². The predicted octanol–water partition coefficient (Wildman–Crippen LogP) is 2.03. The predicted molar refractivity (Wildman–Crippen MR) is 84.7 cm³/mol. The number of benzene rings is 1. The molecule has 0 atom stereocenters. The molecule has 2 rings (SSSR count). The zero-order chi connectivity index (χ0) is 17.6. The van der Waals surface area contributed by atoms with Gasteiger partial charge in [0.15, 0.2) is 6.61 Å². The van der Waals surface area contributed by atoms with Gasteiger partial charge in [0, 0.05) is 12.1 Å². The average molecular weight is 336 g/mol. The zero-order valence-corrected chi connectivity index (χ0v) is 13.6. The fourth-order valence-electron chi connectivity index (χ4n) is 3.05. The van der Waals surface area contributed by atoms with Crippen molar-refractivity contribution in [2.75, 3.05) is 13.2 Å². The van der Waals surface area contributed by atoms with E-state index in [4.69, 9.17) is 4.74 Å². The Morgan fingerprint density at radius 3 is 2.50 bits per heavy atom. The number of hydrogen-bond acceptors (Lipinski definition) is 4. The molecule has 0 heterocycles. The molecule has 0 radical (unpaired) electrons. The van der Waals surface area contributed by atoms with Gasteiger partial charge in [-0.1, -0.05) is 31.0 Å². The monoisotopic (exact) mass is 336 g/mol. The second-order valence-corrected chi connectivity index (χ2v) is 5.75. The van der Waals surface area contributed by atoms with Gasteiger partial charge in [-0.3, -0.25) is 14.9 Å². The molecule has 24 heavy (non-hydrogen) atoms. The van der Waals surface area contributed by atoms with E-state index < -0.39 is 35.7 Å². The minimum atomic E-state index is -1.06. The molecule has 1 aromatic rings. The SMILES string of the molecule is CCNC(=O)NC(=O)COC(=O)C1(c2ccccc2F)CCCC1. The highest BCUT2D eigenvalue weighted by Gasteiger charge is 2.45. The molecule has 6 nitrogen and oxygen atoms in total. The molecule has 1 aliphatic rings. The van der Waals surface area contributed by atoms with Gasteiger partial charge in [-0.15, -0.1) is 0 Å². The van der Waals surface area contributed by atoms with Gasteiger partial charge < -0.3 is 10.1 Å². The third-order valence-electron chi connectivity index (χ3n) is 4.16. The maximum absolute atomic E-state index is 14.2. The molecule has 0 spiro atoms. The van der Waals surface area contributed by atoms with Crippen LogP contribution in [0.25, 0.3) is 0 Å². The summed E-state index contributed by atoms with van der Waals surface area (Å²) in [6.07, 6.45) is 2.53. The zero-order valence-electron chi connectivity index (χ0n) is 13.6. The number of amides is 3.